The van der Waals surface area contributed by atoms with Crippen LogP contribution in [0.4, 0.5) is 5.82 Å². The first kappa shape index (κ1) is 12.4. The van der Waals surface area contributed by atoms with Gasteiger partial charge in [0.2, 0.25) is 11.5 Å². The van der Waals surface area contributed by atoms with Crippen molar-refractivity contribution >= 4 is 11.7 Å². The standard InChI is InChI=1S/C9H16N4O3/c1-6(5-14)3-2-4-11-9(15)7-8(10)13-16-12-7/h6,14H,2-5H2,1H3,(H2,10,13)(H,11,15). The largest absolute Gasteiger partial charge is 0.396 e. The molecule has 0 radical (unpaired) electrons. The second kappa shape index (κ2) is 6.06. The van der Waals surface area contributed by atoms with E-state index in [0.717, 1.165) is 12.8 Å². The monoisotopic (exact) mass is 228 g/mol. The maximum atomic E-state index is 11.4. The molecular weight excluding hydrogens is 212 g/mol. The summed E-state index contributed by atoms with van der Waals surface area (Å²) in [4.78, 5) is 11.4. The third-order valence-corrected chi connectivity index (χ3v) is 2.20. The Morgan fingerprint density at radius 2 is 2.38 bits per heavy atom. The maximum Gasteiger partial charge on any atom is 0.277 e. The number of anilines is 1. The van der Waals surface area contributed by atoms with Gasteiger partial charge in [-0.2, -0.15) is 0 Å². The van der Waals surface area contributed by atoms with Gasteiger partial charge < -0.3 is 16.2 Å². The quantitative estimate of drug-likeness (QED) is 0.580. The average Bonchev–Trinajstić information content (AvgIpc) is 2.70. The molecule has 0 aromatic carbocycles. The third kappa shape index (κ3) is 3.50. The van der Waals surface area contributed by atoms with Gasteiger partial charge in [0.1, 0.15) is 0 Å². The Morgan fingerprint density at radius 3 is 2.94 bits per heavy atom. The third-order valence-electron chi connectivity index (χ3n) is 2.20. The fourth-order valence-corrected chi connectivity index (χ4v) is 1.18. The van der Waals surface area contributed by atoms with Gasteiger partial charge in [-0.1, -0.05) is 6.92 Å². The predicted molar refractivity (Wildman–Crippen MR) is 56.5 cm³/mol. The van der Waals surface area contributed by atoms with Crippen LogP contribution in [0.2, 0.25) is 0 Å². The summed E-state index contributed by atoms with van der Waals surface area (Å²) in [6, 6.07) is 0. The summed E-state index contributed by atoms with van der Waals surface area (Å²) in [7, 11) is 0. The molecule has 90 valence electrons. The highest BCUT2D eigenvalue weighted by atomic mass is 16.6. The molecule has 7 heteroatoms. The van der Waals surface area contributed by atoms with Crippen LogP contribution in [0, 0.1) is 5.92 Å². The minimum Gasteiger partial charge on any atom is -0.396 e. The number of aliphatic hydroxyl groups excluding tert-OH is 1. The van der Waals surface area contributed by atoms with Crippen molar-refractivity contribution in [2.75, 3.05) is 18.9 Å². The van der Waals surface area contributed by atoms with Crippen LogP contribution < -0.4 is 11.1 Å². The molecule has 1 rings (SSSR count). The van der Waals surface area contributed by atoms with Crippen molar-refractivity contribution in [3.8, 4) is 0 Å². The lowest BCUT2D eigenvalue weighted by Crippen LogP contribution is -2.26. The van der Waals surface area contributed by atoms with E-state index in [1.165, 1.54) is 0 Å². The number of carbonyl (C=O) groups is 1. The number of amides is 1. The zero-order valence-corrected chi connectivity index (χ0v) is 9.14. The van der Waals surface area contributed by atoms with Crippen LogP contribution in [0.15, 0.2) is 4.63 Å². The van der Waals surface area contributed by atoms with Crippen LogP contribution in [0.25, 0.3) is 0 Å². The number of aromatic nitrogens is 2. The van der Waals surface area contributed by atoms with E-state index in [0.29, 0.717) is 6.54 Å². The summed E-state index contributed by atoms with van der Waals surface area (Å²) in [5.41, 5.74) is 5.36. The Labute approximate surface area is 93.0 Å². The van der Waals surface area contributed by atoms with E-state index in [4.69, 9.17) is 10.8 Å². The molecule has 7 nitrogen and oxygen atoms in total. The number of rotatable bonds is 6. The highest BCUT2D eigenvalue weighted by Crippen LogP contribution is 2.05. The molecule has 0 saturated carbocycles. The molecule has 1 atom stereocenters. The number of aliphatic hydroxyl groups is 1. The van der Waals surface area contributed by atoms with Gasteiger partial charge in [0.15, 0.2) is 0 Å². The van der Waals surface area contributed by atoms with Gasteiger partial charge in [0, 0.05) is 13.2 Å². The lowest BCUT2D eigenvalue weighted by Gasteiger charge is -2.07. The van der Waals surface area contributed by atoms with Crippen molar-refractivity contribution in [1.29, 1.82) is 0 Å². The highest BCUT2D eigenvalue weighted by molar-refractivity contribution is 5.95. The van der Waals surface area contributed by atoms with Crippen molar-refractivity contribution in [1.82, 2.24) is 15.6 Å². The summed E-state index contributed by atoms with van der Waals surface area (Å²) in [6.45, 7) is 2.62. The molecule has 16 heavy (non-hydrogen) atoms. The molecule has 0 aliphatic heterocycles. The molecule has 1 unspecified atom stereocenters. The Morgan fingerprint density at radius 1 is 1.62 bits per heavy atom. The molecule has 0 fully saturated rings. The van der Waals surface area contributed by atoms with Crippen LogP contribution >= 0.6 is 0 Å². The minimum atomic E-state index is -0.393. The Kier molecular flexibility index (Phi) is 4.71. The molecule has 0 saturated heterocycles. The number of nitrogens with one attached hydrogen (secondary N) is 1. The van der Waals surface area contributed by atoms with Crippen molar-refractivity contribution in [3.05, 3.63) is 5.69 Å². The van der Waals surface area contributed by atoms with Crippen molar-refractivity contribution in [3.63, 3.8) is 0 Å². The summed E-state index contributed by atoms with van der Waals surface area (Å²) in [5.74, 6) is -0.160. The van der Waals surface area contributed by atoms with E-state index >= 15 is 0 Å². The number of carbonyl (C=O) groups excluding carboxylic acids is 1. The predicted octanol–water partition coefficient (Wildman–Crippen LogP) is -0.210. The molecule has 1 amide bonds. The molecule has 0 spiro atoms. The van der Waals surface area contributed by atoms with Gasteiger partial charge in [-0.05, 0) is 29.1 Å². The van der Waals surface area contributed by atoms with Gasteiger partial charge in [-0.25, -0.2) is 4.63 Å². The summed E-state index contributed by atoms with van der Waals surface area (Å²) >= 11 is 0. The zero-order valence-electron chi connectivity index (χ0n) is 9.14. The average molecular weight is 228 g/mol. The van der Waals surface area contributed by atoms with Crippen LogP contribution in [-0.2, 0) is 0 Å². The Balaban J connectivity index is 2.24. The maximum absolute atomic E-state index is 11.4. The number of nitrogens with zero attached hydrogens (tertiary/aromatic N) is 2. The fraction of sp³-hybridized carbons (Fsp3) is 0.667. The van der Waals surface area contributed by atoms with Crippen LogP contribution in [0.1, 0.15) is 30.3 Å². The minimum absolute atomic E-state index is 0.00945. The van der Waals surface area contributed by atoms with Gasteiger partial charge in [-0.15, -0.1) is 0 Å². The lowest BCUT2D eigenvalue weighted by atomic mass is 10.1. The molecule has 0 bridgehead atoms. The Bertz CT molecular complexity index is 339. The van der Waals surface area contributed by atoms with Crippen molar-refractivity contribution < 1.29 is 14.5 Å². The zero-order chi connectivity index (χ0) is 12.0. The van der Waals surface area contributed by atoms with E-state index in [1.54, 1.807) is 0 Å². The van der Waals surface area contributed by atoms with Crippen molar-refractivity contribution in [2.24, 2.45) is 5.92 Å². The van der Waals surface area contributed by atoms with Gasteiger partial charge in [-0.3, -0.25) is 4.79 Å². The lowest BCUT2D eigenvalue weighted by molar-refractivity contribution is 0.0943. The first-order valence-electron chi connectivity index (χ1n) is 5.12. The molecule has 0 aliphatic carbocycles. The first-order valence-corrected chi connectivity index (χ1v) is 5.12. The number of nitrogens with two attached hydrogens (primary N) is 1. The summed E-state index contributed by atoms with van der Waals surface area (Å²) < 4.78 is 4.31. The van der Waals surface area contributed by atoms with E-state index in [2.05, 4.69) is 20.3 Å². The van der Waals surface area contributed by atoms with Crippen LogP contribution in [-0.4, -0.2) is 34.5 Å². The molecule has 1 heterocycles. The molecule has 4 N–H and O–H groups in total. The van der Waals surface area contributed by atoms with E-state index in [9.17, 15) is 4.79 Å². The van der Waals surface area contributed by atoms with Gasteiger partial charge in [0.05, 0.1) is 0 Å². The molecule has 0 aliphatic rings. The number of hydrogen-bond donors (Lipinski definition) is 3. The summed E-state index contributed by atoms with van der Waals surface area (Å²) in [6.07, 6.45) is 1.64. The summed E-state index contributed by atoms with van der Waals surface area (Å²) in [5, 5.41) is 18.1. The van der Waals surface area contributed by atoms with Gasteiger partial charge >= 0.3 is 0 Å². The SMILES string of the molecule is CC(CO)CCCNC(=O)c1nonc1N. The second-order valence-electron chi connectivity index (χ2n) is 3.68. The van der Waals surface area contributed by atoms with E-state index in [-0.39, 0.29) is 24.0 Å². The second-order valence-corrected chi connectivity index (χ2v) is 3.68. The number of hydrogen-bond acceptors (Lipinski definition) is 6. The highest BCUT2D eigenvalue weighted by Gasteiger charge is 2.14. The first-order chi connectivity index (χ1) is 7.65. The van der Waals surface area contributed by atoms with Crippen molar-refractivity contribution in [2.45, 2.75) is 19.8 Å². The fourth-order valence-electron chi connectivity index (χ4n) is 1.18. The normalized spacial score (nSPS) is 12.4. The molecule has 1 aromatic heterocycles. The number of nitrogen functional groups attached to an aromatic ring is 1. The Hall–Kier alpha value is -1.63. The topological polar surface area (TPSA) is 114 Å². The van der Waals surface area contributed by atoms with E-state index in [1.807, 2.05) is 6.92 Å². The van der Waals surface area contributed by atoms with E-state index < -0.39 is 5.91 Å². The smallest absolute Gasteiger partial charge is 0.277 e. The van der Waals surface area contributed by atoms with Crippen LogP contribution in [0.5, 0.6) is 0 Å². The molecule has 1 aromatic rings. The molecular formula is C9H16N4O3. The van der Waals surface area contributed by atoms with Crippen LogP contribution in [0.3, 0.4) is 0 Å². The van der Waals surface area contributed by atoms with Gasteiger partial charge in [0.25, 0.3) is 5.91 Å².